The summed E-state index contributed by atoms with van der Waals surface area (Å²) < 4.78 is 23.0. The largest absolute Gasteiger partial charge is 0.508 e. The van der Waals surface area contributed by atoms with E-state index in [0.29, 0.717) is 34.6 Å². The topological polar surface area (TPSA) is 61.7 Å². The van der Waals surface area contributed by atoms with Gasteiger partial charge in [-0.05, 0) is 73.3 Å². The van der Waals surface area contributed by atoms with Crippen molar-refractivity contribution in [2.24, 2.45) is 11.8 Å². The number of aromatic hydroxyl groups is 1. The van der Waals surface area contributed by atoms with Gasteiger partial charge in [-0.2, -0.15) is 9.97 Å². The van der Waals surface area contributed by atoms with Gasteiger partial charge in [-0.1, -0.05) is 49.7 Å². The molecule has 40 heavy (non-hydrogen) atoms. The van der Waals surface area contributed by atoms with Crippen molar-refractivity contribution in [3.8, 4) is 22.9 Å². The fourth-order valence-corrected chi connectivity index (χ4v) is 6.45. The van der Waals surface area contributed by atoms with E-state index in [2.05, 4.69) is 42.7 Å². The third kappa shape index (κ3) is 5.06. The highest BCUT2D eigenvalue weighted by atomic mass is 35.5. The van der Waals surface area contributed by atoms with Crippen molar-refractivity contribution >= 4 is 39.1 Å². The summed E-state index contributed by atoms with van der Waals surface area (Å²) >= 11 is 6.87. The molecule has 0 spiro atoms. The number of hydrogen-bond acceptors (Lipinski definition) is 6. The molecule has 1 aliphatic carbocycles. The minimum Gasteiger partial charge on any atom is -0.508 e. The van der Waals surface area contributed by atoms with Crippen molar-refractivity contribution in [2.45, 2.75) is 51.7 Å². The molecular weight excluding hydrogens is 527 g/mol. The van der Waals surface area contributed by atoms with E-state index in [1.807, 2.05) is 24.3 Å². The Labute approximate surface area is 239 Å². The van der Waals surface area contributed by atoms with Gasteiger partial charge >= 0.3 is 6.01 Å². The monoisotopic (exact) mass is 562 g/mol. The summed E-state index contributed by atoms with van der Waals surface area (Å²) in [6.45, 7) is 6.14. The SMILES string of the molecule is CC1CCC(C)CN(c2nc(OC3CC(N(C)C)C3)nc3c(F)c(-c4cc(O)cc5ccccc45)c(Cl)cc23)C1. The van der Waals surface area contributed by atoms with Crippen LogP contribution in [-0.2, 0) is 0 Å². The average molecular weight is 563 g/mol. The lowest BCUT2D eigenvalue weighted by molar-refractivity contribution is 0.0339. The molecule has 6 rings (SSSR count). The lowest BCUT2D eigenvalue weighted by atomic mass is 9.88. The zero-order valence-corrected chi connectivity index (χ0v) is 24.2. The van der Waals surface area contributed by atoms with E-state index in [4.69, 9.17) is 21.3 Å². The lowest BCUT2D eigenvalue weighted by Crippen LogP contribution is -2.46. The average Bonchev–Trinajstić information content (AvgIpc) is 3.05. The minimum atomic E-state index is -0.539. The number of anilines is 1. The first-order valence-corrected chi connectivity index (χ1v) is 14.6. The molecular formula is C32H36ClFN4O2. The summed E-state index contributed by atoms with van der Waals surface area (Å²) in [4.78, 5) is 14.0. The molecule has 3 aromatic carbocycles. The van der Waals surface area contributed by atoms with Crippen LogP contribution < -0.4 is 9.64 Å². The molecule has 1 aliphatic heterocycles. The van der Waals surface area contributed by atoms with Crippen LogP contribution in [0.4, 0.5) is 10.2 Å². The normalized spacial score (nSPS) is 23.4. The fourth-order valence-electron chi connectivity index (χ4n) is 6.16. The van der Waals surface area contributed by atoms with Gasteiger partial charge in [0.05, 0.1) is 5.02 Å². The molecule has 4 aromatic rings. The van der Waals surface area contributed by atoms with Gasteiger partial charge in [0.25, 0.3) is 0 Å². The van der Waals surface area contributed by atoms with Gasteiger partial charge < -0.3 is 19.6 Å². The Kier molecular flexibility index (Phi) is 7.21. The van der Waals surface area contributed by atoms with Crippen molar-refractivity contribution < 1.29 is 14.2 Å². The highest BCUT2D eigenvalue weighted by Crippen LogP contribution is 2.43. The van der Waals surface area contributed by atoms with E-state index >= 15 is 4.39 Å². The van der Waals surface area contributed by atoms with Crippen molar-refractivity contribution in [3.05, 3.63) is 53.3 Å². The van der Waals surface area contributed by atoms with E-state index in [-0.39, 0.29) is 34.0 Å². The Morgan fingerprint density at radius 2 is 1.70 bits per heavy atom. The Morgan fingerprint density at radius 1 is 1.00 bits per heavy atom. The molecule has 2 heterocycles. The number of halogens is 2. The van der Waals surface area contributed by atoms with Crippen LogP contribution in [0.15, 0.2) is 42.5 Å². The molecule has 2 unspecified atom stereocenters. The van der Waals surface area contributed by atoms with Crippen LogP contribution in [0.1, 0.15) is 39.5 Å². The maximum atomic E-state index is 16.7. The summed E-state index contributed by atoms with van der Waals surface area (Å²) in [7, 11) is 4.14. The van der Waals surface area contributed by atoms with Crippen LogP contribution in [0.3, 0.4) is 0 Å². The highest BCUT2D eigenvalue weighted by Gasteiger charge is 2.34. The first-order chi connectivity index (χ1) is 19.2. The predicted octanol–water partition coefficient (Wildman–Crippen LogP) is 7.29. The quantitative estimate of drug-likeness (QED) is 0.275. The Balaban J connectivity index is 1.52. The molecule has 8 heteroatoms. The van der Waals surface area contributed by atoms with E-state index in [0.717, 1.165) is 49.5 Å². The molecule has 0 radical (unpaired) electrons. The zero-order valence-electron chi connectivity index (χ0n) is 23.5. The summed E-state index contributed by atoms with van der Waals surface area (Å²) in [5.74, 6) is 1.12. The zero-order chi connectivity index (χ0) is 28.1. The Hall–Kier alpha value is -3.16. The number of phenolic OH excluding ortho intramolecular Hbond substituents is 1. The van der Waals surface area contributed by atoms with Crippen LogP contribution in [-0.4, -0.2) is 59.3 Å². The second-order valence-electron chi connectivity index (χ2n) is 12.0. The van der Waals surface area contributed by atoms with Crippen molar-refractivity contribution in [2.75, 3.05) is 32.1 Å². The number of nitrogens with zero attached hydrogens (tertiary/aromatic N) is 4. The summed E-state index contributed by atoms with van der Waals surface area (Å²) in [6.07, 6.45) is 4.03. The van der Waals surface area contributed by atoms with Gasteiger partial charge in [-0.3, -0.25) is 0 Å². The molecule has 1 saturated carbocycles. The minimum absolute atomic E-state index is 0.00970. The molecule has 0 bridgehead atoms. The van der Waals surface area contributed by atoms with Crippen LogP contribution >= 0.6 is 11.6 Å². The molecule has 1 N–H and O–H groups in total. The number of hydrogen-bond donors (Lipinski definition) is 1. The van der Waals surface area contributed by atoms with Crippen LogP contribution in [0.2, 0.25) is 5.02 Å². The van der Waals surface area contributed by atoms with Crippen LogP contribution in [0.25, 0.3) is 32.8 Å². The summed E-state index contributed by atoms with van der Waals surface area (Å²) in [5.41, 5.74) is 0.915. The van der Waals surface area contributed by atoms with E-state index in [9.17, 15) is 5.11 Å². The maximum Gasteiger partial charge on any atom is 0.319 e. The third-order valence-corrected chi connectivity index (χ3v) is 8.84. The first kappa shape index (κ1) is 27.0. The second-order valence-corrected chi connectivity index (χ2v) is 12.4. The van der Waals surface area contributed by atoms with Gasteiger partial charge in [0.1, 0.15) is 23.2 Å². The third-order valence-electron chi connectivity index (χ3n) is 8.55. The Morgan fingerprint density at radius 3 is 2.40 bits per heavy atom. The number of ether oxygens (including phenoxy) is 1. The number of rotatable bonds is 5. The molecule has 2 fully saturated rings. The Bertz CT molecular complexity index is 1560. The molecule has 0 amide bonds. The smallest absolute Gasteiger partial charge is 0.319 e. The highest BCUT2D eigenvalue weighted by molar-refractivity contribution is 6.35. The molecule has 6 nitrogen and oxygen atoms in total. The van der Waals surface area contributed by atoms with E-state index < -0.39 is 5.82 Å². The van der Waals surface area contributed by atoms with Crippen molar-refractivity contribution in [3.63, 3.8) is 0 Å². The van der Waals surface area contributed by atoms with Gasteiger partial charge in [0, 0.05) is 42.9 Å². The van der Waals surface area contributed by atoms with E-state index in [1.54, 1.807) is 18.2 Å². The van der Waals surface area contributed by atoms with E-state index in [1.165, 1.54) is 0 Å². The molecule has 1 aromatic heterocycles. The molecule has 1 saturated heterocycles. The van der Waals surface area contributed by atoms with Gasteiger partial charge in [0.2, 0.25) is 0 Å². The standard InChI is InChI=1S/C32H36ClFN4O2/c1-18-9-10-19(2)17-38(16-18)31-26-15-27(33)28(25-14-22(39)11-20-7-5-6-8-24(20)25)29(34)30(26)35-32(36-31)40-23-12-21(13-23)37(3)4/h5-8,11,14-15,18-19,21,23,39H,9-10,12-13,16-17H2,1-4H3. The molecule has 2 atom stereocenters. The molecule has 210 valence electrons. The predicted molar refractivity (Wildman–Crippen MR) is 160 cm³/mol. The summed E-state index contributed by atoms with van der Waals surface area (Å²) in [6, 6.07) is 13.2. The second kappa shape index (κ2) is 10.7. The van der Waals surface area contributed by atoms with Gasteiger partial charge in [0.15, 0.2) is 5.82 Å². The van der Waals surface area contributed by atoms with Gasteiger partial charge in [-0.15, -0.1) is 0 Å². The van der Waals surface area contributed by atoms with Gasteiger partial charge in [-0.25, -0.2) is 4.39 Å². The fraction of sp³-hybridized carbons (Fsp3) is 0.438. The summed E-state index contributed by atoms with van der Waals surface area (Å²) in [5, 5.41) is 12.9. The maximum absolute atomic E-state index is 16.7. The molecule has 2 aliphatic rings. The van der Waals surface area contributed by atoms with Crippen LogP contribution in [0, 0.1) is 17.7 Å². The number of benzene rings is 3. The lowest BCUT2D eigenvalue weighted by Gasteiger charge is -2.38. The van der Waals surface area contributed by atoms with Crippen molar-refractivity contribution in [1.29, 1.82) is 0 Å². The van der Waals surface area contributed by atoms with Crippen molar-refractivity contribution in [1.82, 2.24) is 14.9 Å². The first-order valence-electron chi connectivity index (χ1n) is 14.2. The number of fused-ring (bicyclic) bond motifs is 2. The van der Waals surface area contributed by atoms with Crippen LogP contribution in [0.5, 0.6) is 11.8 Å². The number of phenols is 1. The number of aromatic nitrogens is 2.